The molecule has 0 atom stereocenters. The van der Waals surface area contributed by atoms with Crippen LogP contribution in [0.15, 0.2) is 40.9 Å². The molecule has 0 aliphatic carbocycles. The van der Waals surface area contributed by atoms with Crippen LogP contribution in [0.2, 0.25) is 0 Å². The van der Waals surface area contributed by atoms with E-state index >= 15 is 0 Å². The highest BCUT2D eigenvalue weighted by atomic mass is 16.5. The summed E-state index contributed by atoms with van der Waals surface area (Å²) < 4.78 is 5.16. The fourth-order valence-electron chi connectivity index (χ4n) is 3.49. The lowest BCUT2D eigenvalue weighted by molar-refractivity contribution is -0.129. The molecule has 3 aromatic rings. The summed E-state index contributed by atoms with van der Waals surface area (Å²) in [6.45, 7) is 4.60. The quantitative estimate of drug-likeness (QED) is 0.514. The minimum atomic E-state index is 0.172. The SMILES string of the molecule is Cc1noc(C)c1CCC(=O)N(C)CCCCCc1cc(-c2ccccc2)n[nH]1. The van der Waals surface area contributed by atoms with Crippen molar-refractivity contribution in [3.05, 3.63) is 59.1 Å². The third-order valence-electron chi connectivity index (χ3n) is 5.34. The van der Waals surface area contributed by atoms with E-state index in [1.54, 1.807) is 0 Å². The lowest BCUT2D eigenvalue weighted by Gasteiger charge is -2.17. The van der Waals surface area contributed by atoms with Gasteiger partial charge in [-0.15, -0.1) is 0 Å². The number of H-pyrrole nitrogens is 1. The number of nitrogens with one attached hydrogen (secondary N) is 1. The van der Waals surface area contributed by atoms with Gasteiger partial charge in [-0.25, -0.2) is 0 Å². The van der Waals surface area contributed by atoms with Gasteiger partial charge in [-0.3, -0.25) is 9.89 Å². The van der Waals surface area contributed by atoms with Crippen molar-refractivity contribution < 1.29 is 9.32 Å². The molecule has 6 nitrogen and oxygen atoms in total. The fraction of sp³-hybridized carbons (Fsp3) is 0.435. The number of carbonyl (C=O) groups is 1. The first-order valence-corrected chi connectivity index (χ1v) is 10.3. The molecule has 0 fully saturated rings. The first-order valence-electron chi connectivity index (χ1n) is 10.3. The summed E-state index contributed by atoms with van der Waals surface area (Å²) in [6, 6.07) is 12.3. The highest BCUT2D eigenvalue weighted by Gasteiger charge is 2.13. The summed E-state index contributed by atoms with van der Waals surface area (Å²) in [5.74, 6) is 0.984. The van der Waals surface area contributed by atoms with Gasteiger partial charge in [0.1, 0.15) is 5.76 Å². The maximum atomic E-state index is 12.3. The van der Waals surface area contributed by atoms with Gasteiger partial charge >= 0.3 is 0 Å². The molecule has 0 aliphatic heterocycles. The largest absolute Gasteiger partial charge is 0.361 e. The van der Waals surface area contributed by atoms with Crippen LogP contribution in [-0.2, 0) is 17.6 Å². The Kier molecular flexibility index (Phi) is 7.22. The summed E-state index contributed by atoms with van der Waals surface area (Å²) in [5, 5.41) is 11.5. The molecule has 1 amide bonds. The fourth-order valence-corrected chi connectivity index (χ4v) is 3.49. The molecule has 0 radical (unpaired) electrons. The summed E-state index contributed by atoms with van der Waals surface area (Å²) in [4.78, 5) is 14.2. The van der Waals surface area contributed by atoms with Crippen LogP contribution >= 0.6 is 0 Å². The van der Waals surface area contributed by atoms with E-state index in [0.29, 0.717) is 12.8 Å². The van der Waals surface area contributed by atoms with Crippen molar-refractivity contribution in [2.75, 3.05) is 13.6 Å². The van der Waals surface area contributed by atoms with Gasteiger partial charge in [0.25, 0.3) is 0 Å². The average molecular weight is 395 g/mol. The number of amides is 1. The van der Waals surface area contributed by atoms with Gasteiger partial charge < -0.3 is 9.42 Å². The summed E-state index contributed by atoms with van der Waals surface area (Å²) in [6.07, 6.45) is 5.33. The average Bonchev–Trinajstić information content (AvgIpc) is 3.33. The van der Waals surface area contributed by atoms with Crippen molar-refractivity contribution in [2.45, 2.75) is 52.4 Å². The standard InChI is InChI=1S/C23H30N4O2/c1-17-21(18(2)29-26-17)13-14-23(28)27(3)15-9-5-8-12-20-16-22(25-24-20)19-10-6-4-7-11-19/h4,6-7,10-11,16H,5,8-9,12-15H2,1-3H3,(H,24,25). The second kappa shape index (κ2) is 10.0. The Labute approximate surface area is 172 Å². The number of aromatic nitrogens is 3. The van der Waals surface area contributed by atoms with Gasteiger partial charge in [-0.05, 0) is 45.6 Å². The Morgan fingerprint density at radius 2 is 1.90 bits per heavy atom. The van der Waals surface area contributed by atoms with Gasteiger partial charge in [0.15, 0.2) is 0 Å². The van der Waals surface area contributed by atoms with Crippen LogP contribution in [0, 0.1) is 13.8 Å². The van der Waals surface area contributed by atoms with Gasteiger partial charge in [-0.2, -0.15) is 5.10 Å². The second-order valence-corrected chi connectivity index (χ2v) is 7.57. The molecule has 1 N–H and O–H groups in total. The number of rotatable bonds is 10. The van der Waals surface area contributed by atoms with Crippen LogP contribution in [0.25, 0.3) is 11.3 Å². The van der Waals surface area contributed by atoms with E-state index in [4.69, 9.17) is 4.52 Å². The van der Waals surface area contributed by atoms with Crippen LogP contribution in [-0.4, -0.2) is 39.8 Å². The zero-order chi connectivity index (χ0) is 20.6. The zero-order valence-electron chi connectivity index (χ0n) is 17.6. The van der Waals surface area contributed by atoms with E-state index in [1.165, 1.54) is 0 Å². The number of nitrogens with zero attached hydrogens (tertiary/aromatic N) is 3. The minimum absolute atomic E-state index is 0.172. The molecular formula is C23H30N4O2. The molecule has 0 saturated heterocycles. The topological polar surface area (TPSA) is 75.0 Å². The van der Waals surface area contributed by atoms with Crippen LogP contribution in [0.1, 0.15) is 48.4 Å². The van der Waals surface area contributed by atoms with Crippen molar-refractivity contribution in [3.63, 3.8) is 0 Å². The third-order valence-corrected chi connectivity index (χ3v) is 5.34. The molecule has 2 aromatic heterocycles. The van der Waals surface area contributed by atoms with Crippen molar-refractivity contribution in [2.24, 2.45) is 0 Å². The van der Waals surface area contributed by atoms with Gasteiger partial charge in [0.05, 0.1) is 11.4 Å². The van der Waals surface area contributed by atoms with Crippen molar-refractivity contribution >= 4 is 5.91 Å². The molecule has 0 saturated carbocycles. The molecule has 0 unspecified atom stereocenters. The Morgan fingerprint density at radius 1 is 1.10 bits per heavy atom. The number of carbonyl (C=O) groups excluding carboxylic acids is 1. The predicted octanol–water partition coefficient (Wildman–Crippen LogP) is 4.49. The smallest absolute Gasteiger partial charge is 0.222 e. The Hall–Kier alpha value is -2.89. The monoisotopic (exact) mass is 394 g/mol. The van der Waals surface area contributed by atoms with Crippen molar-refractivity contribution in [1.29, 1.82) is 0 Å². The van der Waals surface area contributed by atoms with Crippen LogP contribution in [0.3, 0.4) is 0 Å². The van der Waals surface area contributed by atoms with Crippen molar-refractivity contribution in [3.8, 4) is 11.3 Å². The molecule has 1 aromatic carbocycles. The first kappa shape index (κ1) is 20.8. The summed E-state index contributed by atoms with van der Waals surface area (Å²) in [5.41, 5.74) is 5.22. The van der Waals surface area contributed by atoms with Crippen LogP contribution in [0.4, 0.5) is 0 Å². The van der Waals surface area contributed by atoms with Gasteiger partial charge in [0.2, 0.25) is 5.91 Å². The molecular weight excluding hydrogens is 364 g/mol. The Bertz CT molecular complexity index is 895. The molecule has 0 spiro atoms. The summed E-state index contributed by atoms with van der Waals surface area (Å²) in [7, 11) is 1.89. The number of aromatic amines is 1. The summed E-state index contributed by atoms with van der Waals surface area (Å²) >= 11 is 0. The molecule has 154 valence electrons. The number of hydrogen-bond donors (Lipinski definition) is 1. The highest BCUT2D eigenvalue weighted by molar-refractivity contribution is 5.76. The van der Waals surface area contributed by atoms with E-state index in [9.17, 15) is 4.79 Å². The molecule has 29 heavy (non-hydrogen) atoms. The van der Waals surface area contributed by atoms with Crippen LogP contribution < -0.4 is 0 Å². The van der Waals surface area contributed by atoms with Gasteiger partial charge in [-0.1, -0.05) is 41.9 Å². The highest BCUT2D eigenvalue weighted by Crippen LogP contribution is 2.18. The molecule has 2 heterocycles. The Morgan fingerprint density at radius 3 is 2.62 bits per heavy atom. The normalized spacial score (nSPS) is 11.0. The maximum Gasteiger partial charge on any atom is 0.222 e. The van der Waals surface area contributed by atoms with E-state index in [-0.39, 0.29) is 5.91 Å². The maximum absolute atomic E-state index is 12.3. The lowest BCUT2D eigenvalue weighted by Crippen LogP contribution is -2.28. The number of benzene rings is 1. The minimum Gasteiger partial charge on any atom is -0.361 e. The van der Waals surface area contributed by atoms with Crippen molar-refractivity contribution in [1.82, 2.24) is 20.3 Å². The number of unbranched alkanes of at least 4 members (excludes halogenated alkanes) is 2. The van der Waals surface area contributed by atoms with E-state index in [2.05, 4.69) is 33.6 Å². The molecule has 0 bridgehead atoms. The zero-order valence-corrected chi connectivity index (χ0v) is 17.6. The van der Waals surface area contributed by atoms with E-state index < -0.39 is 0 Å². The lowest BCUT2D eigenvalue weighted by atomic mass is 10.1. The second-order valence-electron chi connectivity index (χ2n) is 7.57. The number of aryl methyl sites for hydroxylation is 3. The first-order chi connectivity index (χ1) is 14.0. The predicted molar refractivity (Wildman–Crippen MR) is 114 cm³/mol. The molecule has 6 heteroatoms. The molecule has 0 aliphatic rings. The molecule has 3 rings (SSSR count). The Balaban J connectivity index is 1.33. The number of hydrogen-bond acceptors (Lipinski definition) is 4. The van der Waals surface area contributed by atoms with Crippen LogP contribution in [0.5, 0.6) is 0 Å². The van der Waals surface area contributed by atoms with Gasteiger partial charge in [0, 0.05) is 36.8 Å². The van der Waals surface area contributed by atoms with E-state index in [1.807, 2.05) is 44.0 Å². The van der Waals surface area contributed by atoms with E-state index in [0.717, 1.165) is 66.2 Å². The third kappa shape index (κ3) is 5.79.